The van der Waals surface area contributed by atoms with Crippen LogP contribution >= 0.6 is 0 Å². The molecule has 0 saturated heterocycles. The van der Waals surface area contributed by atoms with Crippen molar-refractivity contribution in [2.24, 2.45) is 5.92 Å². The fraction of sp³-hybridized carbons (Fsp3) is 0.500. The molecule has 3 N–H and O–H groups in total. The maximum absolute atomic E-state index is 5.57. The number of hydrogen-bond acceptors (Lipinski definition) is 3. The first-order chi connectivity index (χ1) is 6.24. The minimum atomic E-state index is 0.581. The van der Waals surface area contributed by atoms with Crippen LogP contribution < -0.4 is 11.1 Å². The summed E-state index contributed by atoms with van der Waals surface area (Å²) < 4.78 is 0. The van der Waals surface area contributed by atoms with Crippen molar-refractivity contribution in [3.05, 3.63) is 18.3 Å². The Bertz CT molecular complexity index is 292. The lowest BCUT2D eigenvalue weighted by Crippen LogP contribution is -2.33. The van der Waals surface area contributed by atoms with Gasteiger partial charge in [0.15, 0.2) is 0 Å². The lowest BCUT2D eigenvalue weighted by atomic mass is 9.82. The van der Waals surface area contributed by atoms with Crippen molar-refractivity contribution in [3.8, 4) is 0 Å². The Morgan fingerprint density at radius 1 is 1.54 bits per heavy atom. The highest BCUT2D eigenvalue weighted by atomic mass is 14.9. The summed E-state index contributed by atoms with van der Waals surface area (Å²) in [4.78, 5) is 3.94. The molecule has 0 aromatic carbocycles. The molecule has 0 aliphatic heterocycles. The number of nitrogen functional groups attached to an aromatic ring is 1. The van der Waals surface area contributed by atoms with E-state index in [9.17, 15) is 0 Å². The van der Waals surface area contributed by atoms with Crippen molar-refractivity contribution in [2.75, 3.05) is 11.1 Å². The molecule has 1 aliphatic carbocycles. The second-order valence-corrected chi connectivity index (χ2v) is 3.89. The molecule has 1 aromatic heterocycles. The number of rotatable bonds is 2. The number of nitrogens with zero attached hydrogens (tertiary/aromatic N) is 1. The van der Waals surface area contributed by atoms with Crippen molar-refractivity contribution in [1.29, 1.82) is 0 Å². The Balaban J connectivity index is 1.94. The molecule has 1 fully saturated rings. The molecule has 1 aliphatic rings. The molecule has 70 valence electrons. The summed E-state index contributed by atoms with van der Waals surface area (Å²) in [5.74, 6) is 1.45. The molecule has 2 rings (SSSR count). The Labute approximate surface area is 78.4 Å². The number of pyridine rings is 1. The number of anilines is 2. The van der Waals surface area contributed by atoms with Crippen LogP contribution in [0.4, 0.5) is 11.5 Å². The molecular weight excluding hydrogens is 162 g/mol. The van der Waals surface area contributed by atoms with E-state index in [1.54, 1.807) is 6.20 Å². The molecule has 0 bridgehead atoms. The van der Waals surface area contributed by atoms with Gasteiger partial charge in [-0.1, -0.05) is 6.92 Å². The van der Waals surface area contributed by atoms with Gasteiger partial charge in [0.1, 0.15) is 5.82 Å². The van der Waals surface area contributed by atoms with Crippen molar-refractivity contribution >= 4 is 11.5 Å². The molecule has 1 heterocycles. The summed E-state index contributed by atoms with van der Waals surface area (Å²) in [6.45, 7) is 2.28. The van der Waals surface area contributed by atoms with Crippen molar-refractivity contribution in [3.63, 3.8) is 0 Å². The van der Waals surface area contributed by atoms with E-state index in [2.05, 4.69) is 17.2 Å². The number of nitrogens with two attached hydrogens (primary N) is 1. The number of nitrogens with one attached hydrogen (secondary N) is 1. The zero-order chi connectivity index (χ0) is 9.26. The molecule has 1 aromatic rings. The maximum atomic E-state index is 5.57. The highest BCUT2D eigenvalue weighted by molar-refractivity contribution is 5.50. The van der Waals surface area contributed by atoms with Gasteiger partial charge in [-0.05, 0) is 24.8 Å². The van der Waals surface area contributed by atoms with Gasteiger partial charge < -0.3 is 11.1 Å². The molecule has 3 nitrogen and oxygen atoms in total. The molecule has 3 heteroatoms. The topological polar surface area (TPSA) is 50.9 Å². The minimum absolute atomic E-state index is 0.581. The summed E-state index contributed by atoms with van der Waals surface area (Å²) in [5.41, 5.74) is 6.66. The Hall–Kier alpha value is -1.25. The van der Waals surface area contributed by atoms with Crippen LogP contribution in [0.5, 0.6) is 0 Å². The molecule has 1 saturated carbocycles. The van der Waals surface area contributed by atoms with Gasteiger partial charge in [-0.15, -0.1) is 0 Å². The van der Waals surface area contributed by atoms with Crippen LogP contribution in [-0.2, 0) is 0 Å². The second kappa shape index (κ2) is 3.24. The lowest BCUT2D eigenvalue weighted by molar-refractivity contribution is 0.309. The number of hydrogen-bond donors (Lipinski definition) is 2. The average molecular weight is 177 g/mol. The van der Waals surface area contributed by atoms with Crippen molar-refractivity contribution < 1.29 is 0 Å². The summed E-state index contributed by atoms with van der Waals surface area (Å²) in [6.07, 6.45) is 4.27. The smallest absolute Gasteiger partial charge is 0.125 e. The van der Waals surface area contributed by atoms with Crippen molar-refractivity contribution in [1.82, 2.24) is 4.98 Å². The molecular formula is C10H15N3. The van der Waals surface area contributed by atoms with E-state index in [1.807, 2.05) is 12.1 Å². The fourth-order valence-corrected chi connectivity index (χ4v) is 1.79. The second-order valence-electron chi connectivity index (χ2n) is 3.89. The lowest BCUT2D eigenvalue weighted by Gasteiger charge is -2.34. The third kappa shape index (κ3) is 1.91. The summed E-state index contributed by atoms with van der Waals surface area (Å²) >= 11 is 0. The van der Waals surface area contributed by atoms with Crippen LogP contribution in [0.1, 0.15) is 19.8 Å². The largest absolute Gasteiger partial charge is 0.384 e. The SMILES string of the molecule is CC1CC(Nc2ccnc(N)c2)C1. The zero-order valence-electron chi connectivity index (χ0n) is 7.83. The molecule has 0 unspecified atom stereocenters. The monoisotopic (exact) mass is 177 g/mol. The summed E-state index contributed by atoms with van der Waals surface area (Å²) in [7, 11) is 0. The predicted molar refractivity (Wildman–Crippen MR) is 54.5 cm³/mol. The van der Waals surface area contributed by atoms with E-state index in [0.29, 0.717) is 11.9 Å². The van der Waals surface area contributed by atoms with E-state index in [-0.39, 0.29) is 0 Å². The van der Waals surface area contributed by atoms with Gasteiger partial charge >= 0.3 is 0 Å². The normalized spacial score (nSPS) is 26.5. The maximum Gasteiger partial charge on any atom is 0.125 e. The standard InChI is InChI=1S/C10H15N3/c1-7-4-9(5-7)13-8-2-3-12-10(11)6-8/h2-3,6-7,9H,4-5H2,1H3,(H3,11,12,13). The van der Waals surface area contributed by atoms with Gasteiger partial charge in [0.25, 0.3) is 0 Å². The van der Waals surface area contributed by atoms with E-state index in [0.717, 1.165) is 11.6 Å². The third-order valence-corrected chi connectivity index (χ3v) is 2.53. The van der Waals surface area contributed by atoms with E-state index < -0.39 is 0 Å². The summed E-state index contributed by atoms with van der Waals surface area (Å²) in [6, 6.07) is 4.47. The van der Waals surface area contributed by atoms with Gasteiger partial charge in [-0.25, -0.2) is 4.98 Å². The first-order valence-corrected chi connectivity index (χ1v) is 4.72. The van der Waals surface area contributed by atoms with E-state index >= 15 is 0 Å². The van der Waals surface area contributed by atoms with Crippen molar-refractivity contribution in [2.45, 2.75) is 25.8 Å². The van der Waals surface area contributed by atoms with Gasteiger partial charge in [-0.3, -0.25) is 0 Å². The van der Waals surface area contributed by atoms with Crippen LogP contribution in [0, 0.1) is 5.92 Å². The zero-order valence-corrected chi connectivity index (χ0v) is 7.83. The van der Waals surface area contributed by atoms with Crippen LogP contribution in [0.25, 0.3) is 0 Å². The molecule has 13 heavy (non-hydrogen) atoms. The first-order valence-electron chi connectivity index (χ1n) is 4.72. The van der Waals surface area contributed by atoms with Gasteiger partial charge in [0.05, 0.1) is 0 Å². The highest BCUT2D eigenvalue weighted by Gasteiger charge is 2.24. The van der Waals surface area contributed by atoms with Crippen LogP contribution in [-0.4, -0.2) is 11.0 Å². The van der Waals surface area contributed by atoms with Gasteiger partial charge in [0.2, 0.25) is 0 Å². The first kappa shape index (κ1) is 8.35. The number of aromatic nitrogens is 1. The summed E-state index contributed by atoms with van der Waals surface area (Å²) in [5, 5.41) is 3.43. The molecule has 0 amide bonds. The van der Waals surface area contributed by atoms with Crippen LogP contribution in [0.2, 0.25) is 0 Å². The Morgan fingerprint density at radius 2 is 2.31 bits per heavy atom. The van der Waals surface area contributed by atoms with Crippen LogP contribution in [0.15, 0.2) is 18.3 Å². The Morgan fingerprint density at radius 3 is 2.92 bits per heavy atom. The molecule has 0 spiro atoms. The third-order valence-electron chi connectivity index (χ3n) is 2.53. The predicted octanol–water partition coefficient (Wildman–Crippen LogP) is 1.87. The minimum Gasteiger partial charge on any atom is -0.384 e. The van der Waals surface area contributed by atoms with Gasteiger partial charge in [0, 0.05) is 24.0 Å². The molecule has 0 atom stereocenters. The van der Waals surface area contributed by atoms with E-state index in [4.69, 9.17) is 5.73 Å². The van der Waals surface area contributed by atoms with Crippen LogP contribution in [0.3, 0.4) is 0 Å². The Kier molecular flexibility index (Phi) is 2.08. The highest BCUT2D eigenvalue weighted by Crippen LogP contribution is 2.29. The molecule has 0 radical (unpaired) electrons. The van der Waals surface area contributed by atoms with Gasteiger partial charge in [-0.2, -0.15) is 0 Å². The quantitative estimate of drug-likeness (QED) is 0.725. The van der Waals surface area contributed by atoms with E-state index in [1.165, 1.54) is 12.8 Å². The average Bonchev–Trinajstić information content (AvgIpc) is 2.01. The fourth-order valence-electron chi connectivity index (χ4n) is 1.79.